The lowest BCUT2D eigenvalue weighted by Gasteiger charge is -2.17. The first kappa shape index (κ1) is 16.3. The average Bonchev–Trinajstić information content (AvgIpc) is 2.67. The van der Waals surface area contributed by atoms with Gasteiger partial charge in [-0.25, -0.2) is 0 Å². The topological polar surface area (TPSA) is 27.7 Å². The Morgan fingerprint density at radius 3 is 2.39 bits per heavy atom. The predicted octanol–water partition coefficient (Wildman–Crippen LogP) is 3.42. The van der Waals surface area contributed by atoms with Crippen molar-refractivity contribution in [1.82, 2.24) is 0 Å². The molecule has 1 aliphatic heterocycles. The molecule has 0 N–H and O–H groups in total. The van der Waals surface area contributed by atoms with Crippen molar-refractivity contribution in [3.63, 3.8) is 0 Å². The van der Waals surface area contributed by atoms with Crippen LogP contribution < -0.4 is 0 Å². The predicted molar refractivity (Wildman–Crippen MR) is 77.3 cm³/mol. The molecule has 0 aliphatic carbocycles. The van der Waals surface area contributed by atoms with Gasteiger partial charge >= 0.3 is 0 Å². The number of ether oxygens (including phenoxy) is 3. The van der Waals surface area contributed by atoms with Gasteiger partial charge in [-0.05, 0) is 32.4 Å². The fourth-order valence-corrected chi connectivity index (χ4v) is 2.31. The average molecular weight is 276 g/mol. The Hall–Kier alpha value is 0.230. The molecule has 1 atom stereocenters. The van der Waals surface area contributed by atoms with Gasteiger partial charge in [-0.1, -0.05) is 25.7 Å². The van der Waals surface area contributed by atoms with Crippen LogP contribution in [0.2, 0.25) is 0 Å². The molecule has 1 heterocycles. The van der Waals surface area contributed by atoms with Crippen molar-refractivity contribution in [2.45, 2.75) is 64.3 Å². The third-order valence-corrected chi connectivity index (χ3v) is 3.38. The molecule has 0 aromatic rings. The third kappa shape index (κ3) is 7.62. The van der Waals surface area contributed by atoms with E-state index >= 15 is 0 Å². The second-order valence-electron chi connectivity index (χ2n) is 5.37. The number of unbranched alkanes of at least 4 members (excludes halogenated alkanes) is 5. The molecule has 0 amide bonds. The number of rotatable bonds is 10. The van der Waals surface area contributed by atoms with E-state index in [2.05, 4.69) is 12.6 Å². The molecule has 3 nitrogen and oxygen atoms in total. The minimum atomic E-state index is -0.430. The zero-order valence-corrected chi connectivity index (χ0v) is 12.7. The summed E-state index contributed by atoms with van der Waals surface area (Å²) in [6.45, 7) is 6.03. The second-order valence-corrected chi connectivity index (χ2v) is 5.82. The molecular formula is C14H28O3S. The van der Waals surface area contributed by atoms with E-state index in [0.717, 1.165) is 18.8 Å². The van der Waals surface area contributed by atoms with Gasteiger partial charge in [-0.2, -0.15) is 12.6 Å². The van der Waals surface area contributed by atoms with Crippen molar-refractivity contribution in [3.8, 4) is 0 Å². The molecule has 0 aromatic heterocycles. The summed E-state index contributed by atoms with van der Waals surface area (Å²) in [6.07, 6.45) is 7.72. The summed E-state index contributed by atoms with van der Waals surface area (Å²) >= 11 is 4.20. The lowest BCUT2D eigenvalue weighted by Crippen LogP contribution is -2.24. The van der Waals surface area contributed by atoms with Crippen LogP contribution in [0.25, 0.3) is 0 Å². The Kier molecular flexibility index (Phi) is 8.31. The van der Waals surface area contributed by atoms with E-state index in [9.17, 15) is 0 Å². The lowest BCUT2D eigenvalue weighted by atomic mass is 10.1. The lowest BCUT2D eigenvalue weighted by molar-refractivity contribution is -0.145. The van der Waals surface area contributed by atoms with Crippen molar-refractivity contribution < 1.29 is 14.2 Å². The second kappa shape index (κ2) is 9.18. The monoisotopic (exact) mass is 276 g/mol. The maximum atomic E-state index is 5.67. The van der Waals surface area contributed by atoms with Crippen LogP contribution in [0.1, 0.15) is 52.4 Å². The molecule has 1 aliphatic rings. The summed E-state index contributed by atoms with van der Waals surface area (Å²) in [7, 11) is 0. The number of thiol groups is 1. The molecule has 0 radical (unpaired) electrons. The highest BCUT2D eigenvalue weighted by Crippen LogP contribution is 2.22. The molecule has 1 rings (SSSR count). The van der Waals surface area contributed by atoms with Crippen molar-refractivity contribution in [2.24, 2.45) is 0 Å². The Balaban J connectivity index is 1.82. The first-order valence-corrected chi connectivity index (χ1v) is 7.78. The minimum Gasteiger partial charge on any atom is -0.379 e. The molecule has 0 aromatic carbocycles. The van der Waals surface area contributed by atoms with E-state index < -0.39 is 5.79 Å². The molecular weight excluding hydrogens is 248 g/mol. The number of hydrogen-bond acceptors (Lipinski definition) is 4. The SMILES string of the molecule is CC1(C)OCC(COCCCCCCCCS)O1. The fraction of sp³-hybridized carbons (Fsp3) is 1.00. The summed E-state index contributed by atoms with van der Waals surface area (Å²) in [5, 5.41) is 0. The van der Waals surface area contributed by atoms with Crippen LogP contribution in [0.3, 0.4) is 0 Å². The van der Waals surface area contributed by atoms with Gasteiger partial charge in [0.1, 0.15) is 6.10 Å². The first-order valence-electron chi connectivity index (χ1n) is 7.14. The van der Waals surface area contributed by atoms with Crippen molar-refractivity contribution in [3.05, 3.63) is 0 Å². The van der Waals surface area contributed by atoms with E-state index in [4.69, 9.17) is 14.2 Å². The molecule has 1 unspecified atom stereocenters. The minimum absolute atomic E-state index is 0.107. The molecule has 18 heavy (non-hydrogen) atoms. The molecule has 108 valence electrons. The van der Waals surface area contributed by atoms with Crippen LogP contribution in [-0.2, 0) is 14.2 Å². The van der Waals surface area contributed by atoms with Gasteiger partial charge < -0.3 is 14.2 Å². The largest absolute Gasteiger partial charge is 0.379 e. The van der Waals surface area contributed by atoms with E-state index in [1.807, 2.05) is 13.8 Å². The summed E-state index contributed by atoms with van der Waals surface area (Å²) in [6, 6.07) is 0. The standard InChI is InChI=1S/C14H28O3S/c1-14(2)16-12-13(17-14)11-15-9-7-5-3-4-6-8-10-18/h13,18H,3-12H2,1-2H3. The molecule has 0 bridgehead atoms. The van der Waals surface area contributed by atoms with Crippen molar-refractivity contribution >= 4 is 12.6 Å². The molecule has 1 saturated heterocycles. The van der Waals surface area contributed by atoms with Gasteiger partial charge in [0.05, 0.1) is 13.2 Å². The molecule has 0 saturated carbocycles. The zero-order chi connectivity index (χ0) is 13.3. The maximum absolute atomic E-state index is 5.67. The van der Waals surface area contributed by atoms with Gasteiger partial charge in [0.15, 0.2) is 5.79 Å². The smallest absolute Gasteiger partial charge is 0.163 e. The van der Waals surface area contributed by atoms with Gasteiger partial charge in [-0.3, -0.25) is 0 Å². The Morgan fingerprint density at radius 2 is 1.78 bits per heavy atom. The van der Waals surface area contributed by atoms with E-state index in [-0.39, 0.29) is 6.10 Å². The van der Waals surface area contributed by atoms with Crippen LogP contribution in [0.5, 0.6) is 0 Å². The zero-order valence-electron chi connectivity index (χ0n) is 11.8. The van der Waals surface area contributed by atoms with Crippen LogP contribution in [0, 0.1) is 0 Å². The summed E-state index contributed by atoms with van der Waals surface area (Å²) in [4.78, 5) is 0. The highest BCUT2D eigenvalue weighted by molar-refractivity contribution is 7.80. The van der Waals surface area contributed by atoms with Gasteiger partial charge in [-0.15, -0.1) is 0 Å². The van der Waals surface area contributed by atoms with Gasteiger partial charge in [0.25, 0.3) is 0 Å². The third-order valence-electron chi connectivity index (χ3n) is 3.07. The van der Waals surface area contributed by atoms with Gasteiger partial charge in [0, 0.05) is 6.61 Å². The summed E-state index contributed by atoms with van der Waals surface area (Å²) in [5.41, 5.74) is 0. The Labute approximate surface area is 117 Å². The summed E-state index contributed by atoms with van der Waals surface area (Å²) < 4.78 is 16.8. The highest BCUT2D eigenvalue weighted by atomic mass is 32.1. The Bertz CT molecular complexity index is 209. The van der Waals surface area contributed by atoms with Crippen LogP contribution in [0.4, 0.5) is 0 Å². The van der Waals surface area contributed by atoms with Crippen molar-refractivity contribution in [1.29, 1.82) is 0 Å². The maximum Gasteiger partial charge on any atom is 0.163 e. The molecule has 1 fully saturated rings. The van der Waals surface area contributed by atoms with E-state index in [1.54, 1.807) is 0 Å². The van der Waals surface area contributed by atoms with Crippen molar-refractivity contribution in [2.75, 3.05) is 25.6 Å². The molecule has 0 spiro atoms. The van der Waals surface area contributed by atoms with Gasteiger partial charge in [0.2, 0.25) is 0 Å². The number of hydrogen-bond donors (Lipinski definition) is 1. The summed E-state index contributed by atoms with van der Waals surface area (Å²) in [5.74, 6) is 0.587. The quantitative estimate of drug-likeness (QED) is 0.489. The van der Waals surface area contributed by atoms with Crippen LogP contribution >= 0.6 is 12.6 Å². The van der Waals surface area contributed by atoms with Crippen LogP contribution in [-0.4, -0.2) is 37.5 Å². The normalized spacial score (nSPS) is 22.5. The fourth-order valence-electron chi connectivity index (χ4n) is 2.08. The molecule has 4 heteroatoms. The Morgan fingerprint density at radius 1 is 1.11 bits per heavy atom. The first-order chi connectivity index (χ1) is 8.64. The highest BCUT2D eigenvalue weighted by Gasteiger charge is 2.32. The van der Waals surface area contributed by atoms with Crippen LogP contribution in [0.15, 0.2) is 0 Å². The van der Waals surface area contributed by atoms with E-state index in [0.29, 0.717) is 13.2 Å². The van der Waals surface area contributed by atoms with E-state index in [1.165, 1.54) is 32.1 Å².